The number of nitrogens with two attached hydrogens (primary N) is 1. The van der Waals surface area contributed by atoms with Gasteiger partial charge in [-0.3, -0.25) is 9.69 Å². The standard InChI is InChI=1S/C8H13ClO.C6H14N2O/c9-8(10)6-5-7-3-1-2-4-7;7-1-2-8-3-5-9-6-4-8/h7H,1-6H2;1-7H2. The van der Waals surface area contributed by atoms with Crippen LogP contribution in [0.5, 0.6) is 0 Å². The Labute approximate surface area is 121 Å². The third kappa shape index (κ3) is 8.58. The van der Waals surface area contributed by atoms with Gasteiger partial charge < -0.3 is 10.5 Å². The monoisotopic (exact) mass is 290 g/mol. The smallest absolute Gasteiger partial charge is 0.221 e. The fourth-order valence-corrected chi connectivity index (χ4v) is 2.73. The molecule has 0 radical (unpaired) electrons. The quantitative estimate of drug-likeness (QED) is 0.787. The highest BCUT2D eigenvalue weighted by atomic mass is 35.5. The Bertz CT molecular complexity index is 237. The summed E-state index contributed by atoms with van der Waals surface area (Å²) in [5.41, 5.74) is 5.38. The Balaban J connectivity index is 0.000000191. The molecular weight excluding hydrogens is 264 g/mol. The maximum absolute atomic E-state index is 10.4. The van der Waals surface area contributed by atoms with Crippen molar-refractivity contribution in [2.45, 2.75) is 38.5 Å². The lowest BCUT2D eigenvalue weighted by Crippen LogP contribution is -2.39. The van der Waals surface area contributed by atoms with Gasteiger partial charge in [-0.05, 0) is 23.9 Å². The van der Waals surface area contributed by atoms with Gasteiger partial charge in [0, 0.05) is 32.6 Å². The third-order valence-corrected chi connectivity index (χ3v) is 3.96. The van der Waals surface area contributed by atoms with E-state index in [2.05, 4.69) is 4.90 Å². The first-order chi connectivity index (χ1) is 9.22. The van der Waals surface area contributed by atoms with E-state index in [1.807, 2.05) is 0 Å². The van der Waals surface area contributed by atoms with Gasteiger partial charge in [0.15, 0.2) is 0 Å². The molecule has 1 saturated carbocycles. The van der Waals surface area contributed by atoms with E-state index >= 15 is 0 Å². The number of hydrogen-bond acceptors (Lipinski definition) is 4. The van der Waals surface area contributed by atoms with Crippen molar-refractivity contribution in [3.63, 3.8) is 0 Å². The Hall–Kier alpha value is -0.160. The van der Waals surface area contributed by atoms with Crippen molar-refractivity contribution in [3.05, 3.63) is 0 Å². The van der Waals surface area contributed by atoms with E-state index in [9.17, 15) is 4.79 Å². The van der Waals surface area contributed by atoms with Gasteiger partial charge in [0.1, 0.15) is 0 Å². The van der Waals surface area contributed by atoms with Gasteiger partial charge in [-0.25, -0.2) is 0 Å². The van der Waals surface area contributed by atoms with Crippen molar-refractivity contribution in [3.8, 4) is 0 Å². The highest BCUT2D eigenvalue weighted by Gasteiger charge is 2.15. The largest absolute Gasteiger partial charge is 0.379 e. The van der Waals surface area contributed by atoms with Gasteiger partial charge in [0.05, 0.1) is 13.2 Å². The summed E-state index contributed by atoms with van der Waals surface area (Å²) in [6, 6.07) is 0. The van der Waals surface area contributed by atoms with E-state index in [1.54, 1.807) is 0 Å². The number of carbonyl (C=O) groups excluding carboxylic acids is 1. The van der Waals surface area contributed by atoms with Gasteiger partial charge in [0.2, 0.25) is 5.24 Å². The summed E-state index contributed by atoms with van der Waals surface area (Å²) in [7, 11) is 0. The molecule has 0 aromatic rings. The second-order valence-corrected chi connectivity index (χ2v) is 5.71. The number of ether oxygens (including phenoxy) is 1. The zero-order valence-electron chi connectivity index (χ0n) is 11.8. The molecule has 0 amide bonds. The molecule has 1 aliphatic heterocycles. The predicted molar refractivity (Wildman–Crippen MR) is 78.4 cm³/mol. The van der Waals surface area contributed by atoms with Crippen molar-refractivity contribution in [1.82, 2.24) is 4.90 Å². The Morgan fingerprint density at radius 2 is 1.89 bits per heavy atom. The van der Waals surface area contributed by atoms with E-state index in [-0.39, 0.29) is 5.24 Å². The highest BCUT2D eigenvalue weighted by Crippen LogP contribution is 2.28. The van der Waals surface area contributed by atoms with Crippen LogP contribution in [0.15, 0.2) is 0 Å². The zero-order chi connectivity index (χ0) is 13.9. The molecule has 0 aromatic carbocycles. The summed E-state index contributed by atoms with van der Waals surface area (Å²) < 4.78 is 5.16. The molecule has 1 aliphatic carbocycles. The van der Waals surface area contributed by atoms with Crippen molar-refractivity contribution in [2.75, 3.05) is 39.4 Å². The van der Waals surface area contributed by atoms with E-state index in [0.29, 0.717) is 6.42 Å². The number of hydrogen-bond donors (Lipinski definition) is 1. The average Bonchev–Trinajstić information content (AvgIpc) is 2.92. The first-order valence-electron chi connectivity index (χ1n) is 7.41. The van der Waals surface area contributed by atoms with Crippen LogP contribution in [0.2, 0.25) is 0 Å². The van der Waals surface area contributed by atoms with Crippen molar-refractivity contribution >= 4 is 16.8 Å². The molecule has 0 unspecified atom stereocenters. The number of nitrogens with zero attached hydrogens (tertiary/aromatic N) is 1. The summed E-state index contributed by atoms with van der Waals surface area (Å²) in [6.07, 6.45) is 6.91. The molecule has 0 atom stereocenters. The molecule has 2 fully saturated rings. The van der Waals surface area contributed by atoms with Crippen LogP contribution in [0.25, 0.3) is 0 Å². The lowest BCUT2D eigenvalue weighted by Gasteiger charge is -2.25. The summed E-state index contributed by atoms with van der Waals surface area (Å²) in [5.74, 6) is 0.794. The molecule has 0 aromatic heterocycles. The molecule has 4 nitrogen and oxygen atoms in total. The van der Waals surface area contributed by atoms with Crippen LogP contribution in [0.3, 0.4) is 0 Å². The molecule has 0 bridgehead atoms. The summed E-state index contributed by atoms with van der Waals surface area (Å²) in [6.45, 7) is 5.64. The van der Waals surface area contributed by atoms with E-state index < -0.39 is 0 Å². The van der Waals surface area contributed by atoms with Crippen molar-refractivity contribution in [2.24, 2.45) is 11.7 Å². The molecule has 2 rings (SSSR count). The van der Waals surface area contributed by atoms with Gasteiger partial charge in [-0.15, -0.1) is 0 Å². The van der Waals surface area contributed by atoms with Crippen molar-refractivity contribution < 1.29 is 9.53 Å². The summed E-state index contributed by atoms with van der Waals surface area (Å²) >= 11 is 5.22. The third-order valence-electron chi connectivity index (χ3n) is 3.77. The second kappa shape index (κ2) is 10.6. The number of rotatable bonds is 5. The van der Waals surface area contributed by atoms with E-state index in [1.165, 1.54) is 25.7 Å². The lowest BCUT2D eigenvalue weighted by atomic mass is 10.0. The molecule has 2 N–H and O–H groups in total. The van der Waals surface area contributed by atoms with Crippen LogP contribution in [-0.4, -0.2) is 49.5 Å². The number of carbonyl (C=O) groups is 1. The molecular formula is C14H27ClN2O2. The SMILES string of the molecule is NCCN1CCOCC1.O=C(Cl)CCC1CCCC1. The normalized spacial score (nSPS) is 20.9. The molecule has 1 saturated heterocycles. The number of morpholine rings is 1. The van der Waals surface area contributed by atoms with Gasteiger partial charge in [0.25, 0.3) is 0 Å². The minimum absolute atomic E-state index is 0.174. The van der Waals surface area contributed by atoms with Crippen molar-refractivity contribution in [1.29, 1.82) is 0 Å². The molecule has 2 aliphatic rings. The predicted octanol–water partition coefficient (Wildman–Crippen LogP) is 2.00. The van der Waals surface area contributed by atoms with Gasteiger partial charge >= 0.3 is 0 Å². The fourth-order valence-electron chi connectivity index (χ4n) is 2.62. The maximum atomic E-state index is 10.4. The molecule has 112 valence electrons. The second-order valence-electron chi connectivity index (χ2n) is 5.29. The highest BCUT2D eigenvalue weighted by molar-refractivity contribution is 6.63. The molecule has 0 spiro atoms. The summed E-state index contributed by atoms with van der Waals surface area (Å²) in [5, 5.41) is -0.174. The first kappa shape index (κ1) is 16.9. The van der Waals surface area contributed by atoms with E-state index in [0.717, 1.165) is 51.7 Å². The average molecular weight is 291 g/mol. The van der Waals surface area contributed by atoms with Gasteiger partial charge in [-0.1, -0.05) is 25.7 Å². The molecule has 5 heteroatoms. The van der Waals surface area contributed by atoms with Crippen LogP contribution in [0.4, 0.5) is 0 Å². The Kier molecular flexibility index (Phi) is 9.43. The van der Waals surface area contributed by atoms with E-state index in [4.69, 9.17) is 22.1 Å². The first-order valence-corrected chi connectivity index (χ1v) is 7.78. The van der Waals surface area contributed by atoms with Crippen LogP contribution < -0.4 is 5.73 Å². The van der Waals surface area contributed by atoms with Crippen LogP contribution in [0.1, 0.15) is 38.5 Å². The van der Waals surface area contributed by atoms with Crippen LogP contribution in [0, 0.1) is 5.92 Å². The fraction of sp³-hybridized carbons (Fsp3) is 0.929. The molecule has 19 heavy (non-hydrogen) atoms. The maximum Gasteiger partial charge on any atom is 0.221 e. The summed E-state index contributed by atoms with van der Waals surface area (Å²) in [4.78, 5) is 12.7. The Morgan fingerprint density at radius 3 is 2.42 bits per heavy atom. The minimum Gasteiger partial charge on any atom is -0.379 e. The Morgan fingerprint density at radius 1 is 1.26 bits per heavy atom. The lowest BCUT2D eigenvalue weighted by molar-refractivity contribution is -0.111. The minimum atomic E-state index is -0.174. The molecule has 1 heterocycles. The van der Waals surface area contributed by atoms with Gasteiger partial charge in [-0.2, -0.15) is 0 Å². The topological polar surface area (TPSA) is 55.6 Å². The van der Waals surface area contributed by atoms with Crippen LogP contribution >= 0.6 is 11.6 Å². The van der Waals surface area contributed by atoms with Crippen LogP contribution in [-0.2, 0) is 9.53 Å². The zero-order valence-corrected chi connectivity index (χ0v) is 12.5. The number of halogens is 1.